The first kappa shape index (κ1) is 10.5. The minimum Gasteiger partial charge on any atom is -0.427 e. The summed E-state index contributed by atoms with van der Waals surface area (Å²) in [5.74, 6) is 0. The quantitative estimate of drug-likeness (QED) is 0.411. The predicted octanol–water partition coefficient (Wildman–Crippen LogP) is -7.31. The highest BCUT2D eigenvalue weighted by Gasteiger charge is 1.70. The van der Waals surface area contributed by atoms with Crippen molar-refractivity contribution in [3.63, 3.8) is 0 Å². The molecule has 0 aliphatic heterocycles. The largest absolute Gasteiger partial charge is 0.427 e. The third-order valence-corrected chi connectivity index (χ3v) is 0. The van der Waals surface area contributed by atoms with Crippen LogP contribution in [0.4, 0.5) is 0 Å². The maximum Gasteiger partial charge on any atom is 0.282 e. The van der Waals surface area contributed by atoms with E-state index in [-0.39, 0.29) is 0 Å². The maximum atomic E-state index is 8.57. The van der Waals surface area contributed by atoms with E-state index in [4.69, 9.17) is 10.3 Å². The summed E-state index contributed by atoms with van der Waals surface area (Å²) in [6, 6.07) is 0. The van der Waals surface area contributed by atoms with Gasteiger partial charge in [-0.3, -0.25) is 0 Å². The van der Waals surface area contributed by atoms with Crippen molar-refractivity contribution >= 4 is 0 Å². The lowest BCUT2D eigenvalue weighted by Crippen LogP contribution is -4.05. The van der Waals surface area contributed by atoms with E-state index in [0.717, 1.165) is 6.54 Å². The van der Waals surface area contributed by atoms with E-state index in [1.807, 2.05) is 6.92 Å². The SMILES string of the molecule is CC[NH3+].[O-][I+2]([O-])[O-]. The lowest BCUT2D eigenvalue weighted by atomic mass is 10.8. The minimum atomic E-state index is -4.01. The average molecular weight is 221 g/mol. The average Bonchev–Trinajstić information content (AvgIpc) is 1.33. The summed E-state index contributed by atoms with van der Waals surface area (Å²) in [4.78, 5) is 0. The highest BCUT2D eigenvalue weighted by atomic mass is 127. The highest BCUT2D eigenvalue weighted by molar-refractivity contribution is 3.79. The zero-order valence-electron chi connectivity index (χ0n) is 4.02. The van der Waals surface area contributed by atoms with Gasteiger partial charge in [0, 0.05) is 0 Å². The number of quaternary nitrogens is 1. The van der Waals surface area contributed by atoms with Crippen LogP contribution in [0.2, 0.25) is 0 Å². The number of rotatable bonds is 0. The molecule has 0 saturated carbocycles. The predicted molar refractivity (Wildman–Crippen MR) is 13.4 cm³/mol. The van der Waals surface area contributed by atoms with Gasteiger partial charge >= 0.3 is 0 Å². The first-order valence-electron chi connectivity index (χ1n) is 1.67. The molecule has 0 aliphatic rings. The Morgan fingerprint density at radius 2 is 1.43 bits per heavy atom. The smallest absolute Gasteiger partial charge is 0.282 e. The van der Waals surface area contributed by atoms with Crippen LogP contribution >= 0.6 is 0 Å². The minimum absolute atomic E-state index is 1.00. The molecule has 0 amide bonds. The van der Waals surface area contributed by atoms with Gasteiger partial charge in [-0.25, -0.2) is 0 Å². The van der Waals surface area contributed by atoms with Gasteiger partial charge in [0.15, 0.2) is 0 Å². The molecular formula is C2H8INO3. The zero-order chi connectivity index (χ0) is 6.28. The molecule has 46 valence electrons. The van der Waals surface area contributed by atoms with Crippen LogP contribution in [0.5, 0.6) is 0 Å². The van der Waals surface area contributed by atoms with Gasteiger partial charge in [-0.15, -0.1) is 0 Å². The zero-order valence-corrected chi connectivity index (χ0v) is 6.17. The van der Waals surface area contributed by atoms with Crippen molar-refractivity contribution in [2.45, 2.75) is 6.92 Å². The van der Waals surface area contributed by atoms with E-state index < -0.39 is 21.1 Å². The molecule has 0 spiro atoms. The molecule has 0 aromatic rings. The monoisotopic (exact) mass is 221 g/mol. The summed E-state index contributed by atoms with van der Waals surface area (Å²) in [5, 5.41) is 0. The van der Waals surface area contributed by atoms with Crippen molar-refractivity contribution in [3.05, 3.63) is 0 Å². The Hall–Kier alpha value is 0.570. The van der Waals surface area contributed by atoms with Crippen LogP contribution in [-0.4, -0.2) is 6.54 Å². The molecule has 0 radical (unpaired) electrons. The summed E-state index contributed by atoms with van der Waals surface area (Å²) in [5.41, 5.74) is 3.49. The van der Waals surface area contributed by atoms with Gasteiger partial charge in [-0.1, -0.05) is 0 Å². The van der Waals surface area contributed by atoms with Gasteiger partial charge in [-0.2, -0.15) is 0 Å². The standard InChI is InChI=1S/C2H7N.IO3/c1-2-3;2-1(3)4/h2-3H2,1H3;/q;-1/p+1. The summed E-state index contributed by atoms with van der Waals surface area (Å²) in [6.45, 7) is 3.01. The molecule has 0 aromatic heterocycles. The molecule has 4 nitrogen and oxygen atoms in total. The second-order valence-electron chi connectivity index (χ2n) is 0.689. The van der Waals surface area contributed by atoms with Crippen LogP contribution in [0, 0.1) is 0 Å². The lowest BCUT2D eigenvalue weighted by molar-refractivity contribution is -1.73. The molecule has 5 heteroatoms. The van der Waals surface area contributed by atoms with Crippen molar-refractivity contribution in [1.29, 1.82) is 0 Å². The highest BCUT2D eigenvalue weighted by Crippen LogP contribution is 1.13. The van der Waals surface area contributed by atoms with E-state index in [0.29, 0.717) is 0 Å². The second kappa shape index (κ2) is 9.76. The van der Waals surface area contributed by atoms with Gasteiger partial charge in [0.1, 0.15) is 0 Å². The summed E-state index contributed by atoms with van der Waals surface area (Å²) in [7, 11) is 0. The summed E-state index contributed by atoms with van der Waals surface area (Å²) < 4.78 is 25.7. The topological polar surface area (TPSA) is 96.8 Å². The number of hydrogen-bond acceptors (Lipinski definition) is 3. The first-order valence-corrected chi connectivity index (χ1v) is 4.31. The third kappa shape index (κ3) is 422. The first-order chi connectivity index (χ1) is 3.15. The van der Waals surface area contributed by atoms with Gasteiger partial charge in [0.25, 0.3) is 21.1 Å². The Morgan fingerprint density at radius 3 is 1.43 bits per heavy atom. The normalized spacial score (nSPS) is 7.71. The van der Waals surface area contributed by atoms with Crippen LogP contribution in [-0.2, 0) is 0 Å². The lowest BCUT2D eigenvalue weighted by Gasteiger charge is -1.84. The molecule has 0 atom stereocenters. The van der Waals surface area contributed by atoms with Crippen molar-refractivity contribution in [1.82, 2.24) is 0 Å². The summed E-state index contributed by atoms with van der Waals surface area (Å²) >= 11 is -4.01. The van der Waals surface area contributed by atoms with Gasteiger partial charge in [0.2, 0.25) is 0 Å². The second-order valence-corrected chi connectivity index (χ2v) is 1.77. The molecule has 3 N–H and O–H groups in total. The van der Waals surface area contributed by atoms with Crippen LogP contribution in [0.25, 0.3) is 0 Å². The van der Waals surface area contributed by atoms with Crippen molar-refractivity contribution < 1.29 is 37.1 Å². The third-order valence-electron chi connectivity index (χ3n) is 0. The van der Waals surface area contributed by atoms with E-state index in [2.05, 4.69) is 5.73 Å². The number of halogens is 1. The van der Waals surface area contributed by atoms with E-state index >= 15 is 0 Å². The molecule has 0 bridgehead atoms. The van der Waals surface area contributed by atoms with Crippen molar-refractivity contribution in [2.24, 2.45) is 0 Å². The van der Waals surface area contributed by atoms with Crippen LogP contribution in [0.1, 0.15) is 6.92 Å². The Labute approximate surface area is 51.0 Å². The fourth-order valence-electron chi connectivity index (χ4n) is 0. The molecule has 7 heavy (non-hydrogen) atoms. The van der Waals surface area contributed by atoms with Crippen LogP contribution in [0.3, 0.4) is 0 Å². The van der Waals surface area contributed by atoms with Crippen molar-refractivity contribution in [3.8, 4) is 0 Å². The molecular weight excluding hydrogens is 213 g/mol. The Kier molecular flexibility index (Phi) is 14.7. The Morgan fingerprint density at radius 1 is 1.43 bits per heavy atom. The molecule has 0 saturated heterocycles. The Balaban J connectivity index is 0. The van der Waals surface area contributed by atoms with Gasteiger partial charge < -0.3 is 16.0 Å². The molecule has 0 unspecified atom stereocenters. The molecule has 0 fully saturated rings. The van der Waals surface area contributed by atoms with E-state index in [9.17, 15) is 0 Å². The molecule has 0 rings (SSSR count). The fourth-order valence-corrected chi connectivity index (χ4v) is 0. The maximum absolute atomic E-state index is 8.57. The van der Waals surface area contributed by atoms with E-state index in [1.54, 1.807) is 0 Å². The fraction of sp³-hybridized carbons (Fsp3) is 1.00. The molecule has 0 heterocycles. The summed E-state index contributed by atoms with van der Waals surface area (Å²) in [6.07, 6.45) is 0. The van der Waals surface area contributed by atoms with Crippen LogP contribution in [0.15, 0.2) is 0 Å². The van der Waals surface area contributed by atoms with Crippen LogP contribution < -0.4 is 37.1 Å². The molecule has 0 aliphatic carbocycles. The molecule has 0 aromatic carbocycles. The Bertz CT molecular complexity index is 24.1. The van der Waals surface area contributed by atoms with Gasteiger partial charge in [0.05, 0.1) is 6.54 Å². The van der Waals surface area contributed by atoms with Gasteiger partial charge in [-0.05, 0) is 6.92 Å². The van der Waals surface area contributed by atoms with E-state index in [1.165, 1.54) is 0 Å². The van der Waals surface area contributed by atoms with Crippen molar-refractivity contribution in [2.75, 3.05) is 6.54 Å². The number of hydrogen-bond donors (Lipinski definition) is 1.